The van der Waals surface area contributed by atoms with E-state index >= 15 is 0 Å². The van der Waals surface area contributed by atoms with E-state index in [0.29, 0.717) is 0 Å². The summed E-state index contributed by atoms with van der Waals surface area (Å²) in [5.74, 6) is 1.16. The van der Waals surface area contributed by atoms with Crippen molar-refractivity contribution in [2.75, 3.05) is 6.54 Å². The monoisotopic (exact) mass is 292 g/mol. The highest BCUT2D eigenvalue weighted by Crippen LogP contribution is 2.29. The van der Waals surface area contributed by atoms with Crippen molar-refractivity contribution >= 4 is 5.84 Å². The van der Waals surface area contributed by atoms with Crippen LogP contribution in [-0.4, -0.2) is 12.4 Å². The highest BCUT2D eigenvalue weighted by molar-refractivity contribution is 5.82. The van der Waals surface area contributed by atoms with E-state index in [1.54, 1.807) is 0 Å². The fourth-order valence-corrected chi connectivity index (χ4v) is 3.03. The summed E-state index contributed by atoms with van der Waals surface area (Å²) in [7, 11) is 0. The van der Waals surface area contributed by atoms with Crippen LogP contribution in [0.2, 0.25) is 0 Å². The maximum Gasteiger partial charge on any atom is 0.102 e. The van der Waals surface area contributed by atoms with Gasteiger partial charge in [-0.2, -0.15) is 0 Å². The van der Waals surface area contributed by atoms with Gasteiger partial charge >= 0.3 is 0 Å². The number of hydrogen-bond donors (Lipinski definition) is 1. The first-order valence-corrected chi connectivity index (χ1v) is 8.25. The molecule has 2 aromatic rings. The summed E-state index contributed by atoms with van der Waals surface area (Å²) in [6.07, 6.45) is 4.85. The van der Waals surface area contributed by atoms with Gasteiger partial charge in [0.1, 0.15) is 6.04 Å². The number of hydrogen-bond acceptors (Lipinski definition) is 1. The van der Waals surface area contributed by atoms with E-state index in [1.807, 2.05) is 0 Å². The Hall–Kier alpha value is -2.09. The van der Waals surface area contributed by atoms with Gasteiger partial charge in [0.15, 0.2) is 0 Å². The number of amidine groups is 1. The lowest BCUT2D eigenvalue weighted by Crippen LogP contribution is -2.23. The molecule has 0 aliphatic carbocycles. The Labute approximate surface area is 133 Å². The molecular weight excluding hydrogens is 268 g/mol. The normalized spacial score (nSPS) is 18.5. The number of aliphatic imine (C=N–C) groups is 1. The van der Waals surface area contributed by atoms with Gasteiger partial charge in [-0.1, -0.05) is 61.0 Å². The first-order chi connectivity index (χ1) is 10.8. The second kappa shape index (κ2) is 7.26. The van der Waals surface area contributed by atoms with Gasteiger partial charge in [-0.25, -0.2) is 0 Å². The van der Waals surface area contributed by atoms with E-state index in [4.69, 9.17) is 4.99 Å². The molecule has 0 aromatic heterocycles. The molecule has 0 saturated carbocycles. The Morgan fingerprint density at radius 2 is 1.68 bits per heavy atom. The number of aryl methyl sites for hydroxylation is 1. The van der Waals surface area contributed by atoms with Crippen LogP contribution in [0.1, 0.15) is 48.4 Å². The molecule has 1 atom stereocenters. The van der Waals surface area contributed by atoms with Gasteiger partial charge in [-0.3, -0.25) is 4.99 Å². The molecule has 1 saturated heterocycles. The molecule has 1 N–H and O–H groups in total. The molecule has 2 heteroatoms. The van der Waals surface area contributed by atoms with Crippen molar-refractivity contribution < 1.29 is 0 Å². The Kier molecular flexibility index (Phi) is 4.89. The lowest BCUT2D eigenvalue weighted by molar-refractivity contribution is 0.721. The smallest absolute Gasteiger partial charge is 0.102 e. The molecule has 3 rings (SSSR count). The average Bonchev–Trinajstić information content (AvgIpc) is 2.83. The Bertz CT molecular complexity index is 621. The zero-order valence-electron chi connectivity index (χ0n) is 13.3. The summed E-state index contributed by atoms with van der Waals surface area (Å²) in [6, 6.07) is 19.3. The molecule has 2 nitrogen and oxygen atoms in total. The minimum absolute atomic E-state index is 0.0861. The Morgan fingerprint density at radius 3 is 2.50 bits per heavy atom. The standard InChI is InChI=1S/C20H24N2/c1-16-10-7-8-13-18(16)20(17-11-4-2-5-12-17)22-19-14-6-3-9-15-21-19/h2,4-5,7-8,10-13,20H,3,6,9,14-15H2,1H3,(H,21,22). The first kappa shape index (κ1) is 14.8. The molecule has 114 valence electrons. The number of nitrogens with one attached hydrogen (secondary N) is 1. The molecule has 2 aromatic carbocycles. The average molecular weight is 292 g/mol. The third-order valence-electron chi connectivity index (χ3n) is 4.30. The first-order valence-electron chi connectivity index (χ1n) is 8.25. The zero-order valence-corrected chi connectivity index (χ0v) is 13.3. The molecule has 0 radical (unpaired) electrons. The van der Waals surface area contributed by atoms with Gasteiger partial charge in [-0.05, 0) is 36.5 Å². The van der Waals surface area contributed by atoms with E-state index < -0.39 is 0 Å². The van der Waals surface area contributed by atoms with Crippen molar-refractivity contribution in [3.05, 3.63) is 71.3 Å². The van der Waals surface area contributed by atoms with Gasteiger partial charge in [0.2, 0.25) is 0 Å². The third kappa shape index (κ3) is 3.56. The topological polar surface area (TPSA) is 24.4 Å². The molecular formula is C20H24N2. The molecule has 0 spiro atoms. The van der Waals surface area contributed by atoms with E-state index in [1.165, 1.54) is 36.0 Å². The number of rotatable bonds is 3. The molecule has 22 heavy (non-hydrogen) atoms. The van der Waals surface area contributed by atoms with Crippen LogP contribution < -0.4 is 5.32 Å². The maximum absolute atomic E-state index is 5.10. The van der Waals surface area contributed by atoms with E-state index in [9.17, 15) is 0 Å². The molecule has 1 unspecified atom stereocenters. The summed E-state index contributed by atoms with van der Waals surface area (Å²) in [6.45, 7) is 3.22. The van der Waals surface area contributed by atoms with Gasteiger partial charge in [-0.15, -0.1) is 0 Å². The SMILES string of the molecule is Cc1ccccc1C(N=C1CCCCCN1)c1ccccc1. The van der Waals surface area contributed by atoms with Gasteiger partial charge in [0, 0.05) is 13.0 Å². The number of benzene rings is 2. The Morgan fingerprint density at radius 1 is 0.909 bits per heavy atom. The van der Waals surface area contributed by atoms with E-state index in [0.717, 1.165) is 18.8 Å². The molecule has 0 bridgehead atoms. The zero-order chi connectivity index (χ0) is 15.2. The van der Waals surface area contributed by atoms with Crippen molar-refractivity contribution in [3.8, 4) is 0 Å². The second-order valence-electron chi connectivity index (χ2n) is 5.98. The fourth-order valence-electron chi connectivity index (χ4n) is 3.03. The van der Waals surface area contributed by atoms with Crippen LogP contribution in [-0.2, 0) is 0 Å². The van der Waals surface area contributed by atoms with Gasteiger partial charge in [0.25, 0.3) is 0 Å². The lowest BCUT2D eigenvalue weighted by atomic mass is 9.95. The lowest BCUT2D eigenvalue weighted by Gasteiger charge is -2.18. The molecule has 0 amide bonds. The minimum atomic E-state index is 0.0861. The molecule has 1 aliphatic rings. The summed E-state index contributed by atoms with van der Waals surface area (Å²) in [5.41, 5.74) is 3.86. The summed E-state index contributed by atoms with van der Waals surface area (Å²) < 4.78 is 0. The van der Waals surface area contributed by atoms with Crippen LogP contribution in [0.5, 0.6) is 0 Å². The molecule has 1 fully saturated rings. The van der Waals surface area contributed by atoms with Crippen molar-refractivity contribution in [2.24, 2.45) is 4.99 Å². The van der Waals surface area contributed by atoms with Crippen LogP contribution in [0.3, 0.4) is 0 Å². The van der Waals surface area contributed by atoms with Gasteiger partial charge < -0.3 is 5.32 Å². The summed E-state index contributed by atoms with van der Waals surface area (Å²) in [5, 5.41) is 3.52. The fraction of sp³-hybridized carbons (Fsp3) is 0.350. The highest BCUT2D eigenvalue weighted by Gasteiger charge is 2.16. The van der Waals surface area contributed by atoms with Crippen LogP contribution >= 0.6 is 0 Å². The van der Waals surface area contributed by atoms with Crippen LogP contribution in [0.15, 0.2) is 59.6 Å². The maximum atomic E-state index is 5.10. The molecule has 1 heterocycles. The largest absolute Gasteiger partial charge is 0.374 e. The van der Waals surface area contributed by atoms with Gasteiger partial charge in [0.05, 0.1) is 5.84 Å². The van der Waals surface area contributed by atoms with Crippen molar-refractivity contribution in [2.45, 2.75) is 38.6 Å². The quantitative estimate of drug-likeness (QED) is 0.875. The second-order valence-corrected chi connectivity index (χ2v) is 5.98. The van der Waals surface area contributed by atoms with Crippen LogP contribution in [0.4, 0.5) is 0 Å². The van der Waals surface area contributed by atoms with Crippen molar-refractivity contribution in [3.63, 3.8) is 0 Å². The van der Waals surface area contributed by atoms with E-state index in [2.05, 4.69) is 66.8 Å². The number of nitrogens with zero attached hydrogens (tertiary/aromatic N) is 1. The predicted molar refractivity (Wildman–Crippen MR) is 93.4 cm³/mol. The highest BCUT2D eigenvalue weighted by atomic mass is 15.0. The summed E-state index contributed by atoms with van der Waals surface area (Å²) >= 11 is 0. The predicted octanol–water partition coefficient (Wildman–Crippen LogP) is 4.65. The minimum Gasteiger partial charge on any atom is -0.374 e. The van der Waals surface area contributed by atoms with E-state index in [-0.39, 0.29) is 6.04 Å². The van der Waals surface area contributed by atoms with Crippen LogP contribution in [0, 0.1) is 6.92 Å². The van der Waals surface area contributed by atoms with Crippen molar-refractivity contribution in [1.29, 1.82) is 0 Å². The van der Waals surface area contributed by atoms with Crippen molar-refractivity contribution in [1.82, 2.24) is 5.32 Å². The molecule has 1 aliphatic heterocycles. The van der Waals surface area contributed by atoms with Crippen LogP contribution in [0.25, 0.3) is 0 Å². The third-order valence-corrected chi connectivity index (χ3v) is 4.30. The Balaban J connectivity index is 2.00. The summed E-state index contributed by atoms with van der Waals surface area (Å²) in [4.78, 5) is 5.10.